The molecule has 0 saturated heterocycles. The first-order valence-corrected chi connectivity index (χ1v) is 5.92. The number of aryl methyl sites for hydroxylation is 1. The Morgan fingerprint density at radius 3 is 2.65 bits per heavy atom. The van der Waals surface area contributed by atoms with E-state index in [0.29, 0.717) is 17.4 Å². The van der Waals surface area contributed by atoms with Crippen LogP contribution in [0.3, 0.4) is 0 Å². The van der Waals surface area contributed by atoms with Crippen LogP contribution in [-0.2, 0) is 0 Å². The number of nitrogens with zero attached hydrogens (tertiary/aromatic N) is 1. The zero-order valence-corrected chi connectivity index (χ0v) is 10.8. The van der Waals surface area contributed by atoms with Crippen molar-refractivity contribution >= 4 is 11.8 Å². The summed E-state index contributed by atoms with van der Waals surface area (Å²) in [4.78, 5) is 15.2. The summed E-state index contributed by atoms with van der Waals surface area (Å²) in [6.07, 6.45) is 1.08. The number of nitrogens with one attached hydrogen (secondary N) is 1. The number of carbonyl (C=O) groups is 1. The van der Waals surface area contributed by atoms with Crippen molar-refractivity contribution in [1.29, 1.82) is 0 Å². The Labute approximate surface area is 102 Å². The van der Waals surface area contributed by atoms with Crippen molar-refractivity contribution in [3.63, 3.8) is 0 Å². The first-order valence-electron chi connectivity index (χ1n) is 5.92. The molecule has 2 atom stereocenters. The Kier molecular flexibility index (Phi) is 4.49. The predicted octanol–water partition coefficient (Wildman–Crippen LogP) is 2.93. The lowest BCUT2D eigenvalue weighted by molar-refractivity contribution is 0.0696. The Balaban J connectivity index is 2.87. The molecule has 94 valence electrons. The highest BCUT2D eigenvalue weighted by Gasteiger charge is 2.12. The fourth-order valence-corrected chi connectivity index (χ4v) is 1.60. The summed E-state index contributed by atoms with van der Waals surface area (Å²) in [5.41, 5.74) is 0.986. The average molecular weight is 236 g/mol. The maximum Gasteiger partial charge on any atom is 0.335 e. The van der Waals surface area contributed by atoms with Gasteiger partial charge in [0.1, 0.15) is 5.82 Å². The maximum absolute atomic E-state index is 10.9. The van der Waals surface area contributed by atoms with Gasteiger partial charge in [-0.3, -0.25) is 0 Å². The van der Waals surface area contributed by atoms with Crippen LogP contribution in [0.2, 0.25) is 0 Å². The molecule has 0 spiro atoms. The van der Waals surface area contributed by atoms with Gasteiger partial charge in [-0.2, -0.15) is 0 Å². The van der Waals surface area contributed by atoms with Gasteiger partial charge in [-0.15, -0.1) is 0 Å². The number of carboxylic acids is 1. The summed E-state index contributed by atoms with van der Waals surface area (Å²) in [5.74, 6) is 0.232. The molecule has 0 amide bonds. The standard InChI is InChI=1S/C13H20N2O2/c1-5-8(2)10(4)15-12-7-11(13(16)17)6-9(3)14-12/h6-8,10H,5H2,1-4H3,(H,14,15)(H,16,17). The van der Waals surface area contributed by atoms with Crippen LogP contribution in [0.15, 0.2) is 12.1 Å². The largest absolute Gasteiger partial charge is 0.478 e. The highest BCUT2D eigenvalue weighted by molar-refractivity contribution is 5.88. The predicted molar refractivity (Wildman–Crippen MR) is 68.5 cm³/mol. The Hall–Kier alpha value is -1.58. The summed E-state index contributed by atoms with van der Waals surface area (Å²) in [6.45, 7) is 8.17. The molecule has 0 aliphatic heterocycles. The van der Waals surface area contributed by atoms with Crippen molar-refractivity contribution in [2.24, 2.45) is 5.92 Å². The van der Waals surface area contributed by atoms with Gasteiger partial charge < -0.3 is 10.4 Å². The molecule has 0 aliphatic carbocycles. The maximum atomic E-state index is 10.9. The van der Waals surface area contributed by atoms with Gasteiger partial charge in [0.15, 0.2) is 0 Å². The van der Waals surface area contributed by atoms with Gasteiger partial charge in [0.2, 0.25) is 0 Å². The number of rotatable bonds is 5. The normalized spacial score (nSPS) is 14.1. The van der Waals surface area contributed by atoms with Crippen molar-refractivity contribution in [2.45, 2.75) is 40.2 Å². The van der Waals surface area contributed by atoms with E-state index in [1.165, 1.54) is 0 Å². The molecule has 0 saturated carbocycles. The highest BCUT2D eigenvalue weighted by Crippen LogP contribution is 2.15. The number of hydrogen-bond acceptors (Lipinski definition) is 3. The van der Waals surface area contributed by atoms with E-state index in [-0.39, 0.29) is 11.6 Å². The summed E-state index contributed by atoms with van der Waals surface area (Å²) in [5, 5.41) is 12.2. The van der Waals surface area contributed by atoms with Crippen molar-refractivity contribution in [3.05, 3.63) is 23.4 Å². The lowest BCUT2D eigenvalue weighted by atomic mass is 10.0. The van der Waals surface area contributed by atoms with Crippen LogP contribution in [0.4, 0.5) is 5.82 Å². The number of carboxylic acid groups (broad SMARTS) is 1. The topological polar surface area (TPSA) is 62.2 Å². The van der Waals surface area contributed by atoms with Gasteiger partial charge in [-0.25, -0.2) is 9.78 Å². The zero-order valence-electron chi connectivity index (χ0n) is 10.8. The summed E-state index contributed by atoms with van der Waals surface area (Å²) in [6, 6.07) is 3.42. The Bertz CT molecular complexity index is 404. The van der Waals surface area contributed by atoms with Crippen molar-refractivity contribution in [1.82, 2.24) is 4.98 Å². The summed E-state index contributed by atoms with van der Waals surface area (Å²) < 4.78 is 0. The van der Waals surface area contributed by atoms with Gasteiger partial charge in [0, 0.05) is 11.7 Å². The third-order valence-corrected chi connectivity index (χ3v) is 3.07. The van der Waals surface area contributed by atoms with Gasteiger partial charge in [-0.05, 0) is 31.9 Å². The smallest absolute Gasteiger partial charge is 0.335 e. The molecule has 1 aromatic rings. The second-order valence-electron chi connectivity index (χ2n) is 4.51. The molecule has 4 heteroatoms. The number of anilines is 1. The molecule has 2 N–H and O–H groups in total. The first kappa shape index (κ1) is 13.5. The quantitative estimate of drug-likeness (QED) is 0.825. The van der Waals surface area contributed by atoms with Gasteiger partial charge in [0.25, 0.3) is 0 Å². The van der Waals surface area contributed by atoms with E-state index in [0.717, 1.165) is 6.42 Å². The van der Waals surface area contributed by atoms with Crippen LogP contribution in [0.5, 0.6) is 0 Å². The molecule has 0 aliphatic rings. The molecule has 0 bridgehead atoms. The van der Waals surface area contributed by atoms with Crippen LogP contribution < -0.4 is 5.32 Å². The van der Waals surface area contributed by atoms with E-state index in [1.54, 1.807) is 19.1 Å². The molecule has 1 heterocycles. The fourth-order valence-electron chi connectivity index (χ4n) is 1.60. The highest BCUT2D eigenvalue weighted by atomic mass is 16.4. The molecule has 17 heavy (non-hydrogen) atoms. The number of hydrogen-bond donors (Lipinski definition) is 2. The second-order valence-corrected chi connectivity index (χ2v) is 4.51. The molecule has 0 fully saturated rings. The summed E-state index contributed by atoms with van der Waals surface area (Å²) >= 11 is 0. The first-order chi connectivity index (χ1) is 7.93. The van der Waals surface area contributed by atoms with Gasteiger partial charge >= 0.3 is 5.97 Å². The molecule has 1 aromatic heterocycles. The van der Waals surface area contributed by atoms with E-state index in [1.807, 2.05) is 0 Å². The molecule has 1 rings (SSSR count). The van der Waals surface area contributed by atoms with Crippen molar-refractivity contribution in [3.8, 4) is 0 Å². The number of pyridine rings is 1. The minimum absolute atomic E-state index is 0.274. The number of aromatic carboxylic acids is 1. The molecule has 0 aromatic carbocycles. The second kappa shape index (κ2) is 5.66. The Morgan fingerprint density at radius 2 is 2.12 bits per heavy atom. The van der Waals surface area contributed by atoms with E-state index >= 15 is 0 Å². The van der Waals surface area contributed by atoms with Crippen molar-refractivity contribution < 1.29 is 9.90 Å². The monoisotopic (exact) mass is 236 g/mol. The van der Waals surface area contributed by atoms with E-state index in [4.69, 9.17) is 5.11 Å². The van der Waals surface area contributed by atoms with Gasteiger partial charge in [-0.1, -0.05) is 20.3 Å². The minimum atomic E-state index is -0.922. The molecule has 0 radical (unpaired) electrons. The van der Waals surface area contributed by atoms with Crippen LogP contribution in [-0.4, -0.2) is 22.1 Å². The Morgan fingerprint density at radius 1 is 1.47 bits per heavy atom. The molecular weight excluding hydrogens is 216 g/mol. The third-order valence-electron chi connectivity index (χ3n) is 3.07. The molecule has 4 nitrogen and oxygen atoms in total. The van der Waals surface area contributed by atoms with Crippen LogP contribution >= 0.6 is 0 Å². The van der Waals surface area contributed by atoms with E-state index < -0.39 is 5.97 Å². The lowest BCUT2D eigenvalue weighted by Crippen LogP contribution is -2.24. The number of aromatic nitrogens is 1. The third kappa shape index (κ3) is 3.73. The summed E-state index contributed by atoms with van der Waals surface area (Å²) in [7, 11) is 0. The van der Waals surface area contributed by atoms with Gasteiger partial charge in [0.05, 0.1) is 5.56 Å². The van der Waals surface area contributed by atoms with Crippen LogP contribution in [0.25, 0.3) is 0 Å². The fraction of sp³-hybridized carbons (Fsp3) is 0.538. The molecule has 2 unspecified atom stereocenters. The van der Waals surface area contributed by atoms with Crippen LogP contribution in [0, 0.1) is 12.8 Å². The SMILES string of the molecule is CCC(C)C(C)Nc1cc(C(=O)O)cc(C)n1. The van der Waals surface area contributed by atoms with E-state index in [9.17, 15) is 4.79 Å². The van der Waals surface area contributed by atoms with Crippen molar-refractivity contribution in [2.75, 3.05) is 5.32 Å². The zero-order chi connectivity index (χ0) is 13.0. The average Bonchev–Trinajstić information content (AvgIpc) is 2.26. The minimum Gasteiger partial charge on any atom is -0.478 e. The molecular formula is C13H20N2O2. The van der Waals surface area contributed by atoms with E-state index in [2.05, 4.69) is 31.1 Å². The lowest BCUT2D eigenvalue weighted by Gasteiger charge is -2.20. The van der Waals surface area contributed by atoms with Crippen LogP contribution in [0.1, 0.15) is 43.2 Å².